The lowest BCUT2D eigenvalue weighted by Gasteiger charge is -2.08. The van der Waals surface area contributed by atoms with Gasteiger partial charge in [0.25, 0.3) is 5.91 Å². The van der Waals surface area contributed by atoms with Crippen LogP contribution in [0.15, 0.2) is 35.1 Å². The Hall–Kier alpha value is -2.35. The summed E-state index contributed by atoms with van der Waals surface area (Å²) in [6, 6.07) is 7.44. The molecule has 20 heavy (non-hydrogen) atoms. The van der Waals surface area contributed by atoms with E-state index >= 15 is 0 Å². The first-order valence-electron chi connectivity index (χ1n) is 5.48. The van der Waals surface area contributed by atoms with Gasteiger partial charge in [0.1, 0.15) is 5.69 Å². The molecular weight excluding hydrogens is 277 g/mol. The van der Waals surface area contributed by atoms with Crippen LogP contribution in [0, 0.1) is 0 Å². The van der Waals surface area contributed by atoms with Gasteiger partial charge in [0.05, 0.1) is 0 Å². The van der Waals surface area contributed by atoms with Crippen LogP contribution in [0.5, 0.6) is 0 Å². The molecule has 0 radical (unpaired) electrons. The van der Waals surface area contributed by atoms with E-state index in [9.17, 15) is 22.8 Å². The Morgan fingerprint density at radius 3 is 2.70 bits per heavy atom. The number of carbonyl (C=O) groups is 1. The molecule has 8 heteroatoms. The lowest BCUT2D eigenvalue weighted by molar-refractivity contribution is -0.184. The molecule has 1 heterocycles. The number of para-hydroxylation sites is 1. The smallest absolute Gasteiger partial charge is 0.350 e. The zero-order valence-electron chi connectivity index (χ0n) is 9.95. The molecule has 0 fully saturated rings. The highest BCUT2D eigenvalue weighted by Crippen LogP contribution is 2.13. The summed E-state index contributed by atoms with van der Waals surface area (Å²) in [5.74, 6) is -0.961. The zero-order chi connectivity index (χ0) is 14.8. The zero-order valence-corrected chi connectivity index (χ0v) is 9.95. The van der Waals surface area contributed by atoms with Crippen molar-refractivity contribution in [1.29, 1.82) is 0 Å². The molecule has 0 spiro atoms. The number of nitrogens with one attached hydrogen (secondary N) is 2. The standard InChI is InChI=1S/C12H9F3N2O3/c13-12(14,15)6-20-17-11(19)9-5-10(18)7-3-1-2-4-8(7)16-9/h1-5H,6H2,(H,16,18)(H,17,19). The highest BCUT2D eigenvalue weighted by Gasteiger charge is 2.28. The number of rotatable bonds is 3. The van der Waals surface area contributed by atoms with Gasteiger partial charge in [-0.25, -0.2) is 5.48 Å². The van der Waals surface area contributed by atoms with Crippen LogP contribution >= 0.6 is 0 Å². The normalized spacial score (nSPS) is 11.6. The van der Waals surface area contributed by atoms with Gasteiger partial charge in [-0.05, 0) is 12.1 Å². The third-order valence-electron chi connectivity index (χ3n) is 2.38. The maximum Gasteiger partial charge on any atom is 0.414 e. The Labute approximate surface area is 110 Å². The molecule has 106 valence electrons. The number of aromatic nitrogens is 1. The van der Waals surface area contributed by atoms with Crippen molar-refractivity contribution in [1.82, 2.24) is 10.5 Å². The lowest BCUT2D eigenvalue weighted by atomic mass is 10.2. The summed E-state index contributed by atoms with van der Waals surface area (Å²) in [4.78, 5) is 29.9. The quantitative estimate of drug-likeness (QED) is 0.844. The largest absolute Gasteiger partial charge is 0.414 e. The number of benzene rings is 1. The molecule has 0 saturated carbocycles. The first-order valence-corrected chi connectivity index (χ1v) is 5.48. The number of carbonyl (C=O) groups excluding carboxylic acids is 1. The second-order valence-electron chi connectivity index (χ2n) is 3.93. The Kier molecular flexibility index (Phi) is 3.75. The van der Waals surface area contributed by atoms with Crippen molar-refractivity contribution in [3.63, 3.8) is 0 Å². The molecule has 2 N–H and O–H groups in total. The van der Waals surface area contributed by atoms with Crippen molar-refractivity contribution in [2.24, 2.45) is 0 Å². The minimum absolute atomic E-state index is 0.184. The molecule has 0 aliphatic heterocycles. The van der Waals surface area contributed by atoms with E-state index < -0.39 is 24.1 Å². The van der Waals surface area contributed by atoms with E-state index in [1.807, 2.05) is 0 Å². The number of halogens is 3. The van der Waals surface area contributed by atoms with Crippen LogP contribution in [0.3, 0.4) is 0 Å². The molecule has 0 atom stereocenters. The van der Waals surface area contributed by atoms with Crippen LogP contribution < -0.4 is 10.9 Å². The SMILES string of the molecule is O=C(NOCC(F)(F)F)c1cc(=O)c2ccccc2[nH]1. The van der Waals surface area contributed by atoms with Gasteiger partial charge in [0, 0.05) is 17.0 Å². The molecule has 0 bridgehead atoms. The Bertz CT molecular complexity index is 694. The molecule has 0 unspecified atom stereocenters. The van der Waals surface area contributed by atoms with Gasteiger partial charge in [0.15, 0.2) is 12.0 Å². The number of hydrogen-bond donors (Lipinski definition) is 2. The summed E-state index contributed by atoms with van der Waals surface area (Å²) in [7, 11) is 0. The molecule has 1 aromatic carbocycles. The lowest BCUT2D eigenvalue weighted by Crippen LogP contribution is -2.30. The monoisotopic (exact) mass is 286 g/mol. The number of H-pyrrole nitrogens is 1. The predicted molar refractivity (Wildman–Crippen MR) is 64.0 cm³/mol. The molecule has 2 aromatic rings. The summed E-state index contributed by atoms with van der Waals surface area (Å²) in [6.45, 7) is -1.61. The van der Waals surface area contributed by atoms with Crippen molar-refractivity contribution in [2.45, 2.75) is 6.18 Å². The highest BCUT2D eigenvalue weighted by atomic mass is 19.4. The highest BCUT2D eigenvalue weighted by molar-refractivity contribution is 5.94. The number of aromatic amines is 1. The van der Waals surface area contributed by atoms with Crippen LogP contribution in [0.2, 0.25) is 0 Å². The molecule has 2 rings (SSSR count). The van der Waals surface area contributed by atoms with Gasteiger partial charge in [-0.3, -0.25) is 14.4 Å². The first-order chi connectivity index (χ1) is 9.37. The first kappa shape index (κ1) is 14.1. The molecule has 1 amide bonds. The number of fused-ring (bicyclic) bond motifs is 1. The van der Waals surface area contributed by atoms with E-state index in [0.717, 1.165) is 6.07 Å². The van der Waals surface area contributed by atoms with Crippen LogP contribution in [0.25, 0.3) is 10.9 Å². The van der Waals surface area contributed by atoms with E-state index in [-0.39, 0.29) is 5.69 Å². The Balaban J connectivity index is 2.17. The summed E-state index contributed by atoms with van der Waals surface area (Å²) < 4.78 is 35.5. The summed E-state index contributed by atoms with van der Waals surface area (Å²) in [5.41, 5.74) is 1.42. The van der Waals surface area contributed by atoms with E-state index in [2.05, 4.69) is 9.82 Å². The number of amides is 1. The number of alkyl halides is 3. The van der Waals surface area contributed by atoms with Gasteiger partial charge in [0.2, 0.25) is 0 Å². The van der Waals surface area contributed by atoms with Crippen molar-refractivity contribution >= 4 is 16.8 Å². The fourth-order valence-corrected chi connectivity index (χ4v) is 1.56. The average molecular weight is 286 g/mol. The van der Waals surface area contributed by atoms with E-state index in [1.165, 1.54) is 0 Å². The van der Waals surface area contributed by atoms with E-state index in [0.29, 0.717) is 10.9 Å². The fraction of sp³-hybridized carbons (Fsp3) is 0.167. The van der Waals surface area contributed by atoms with Crippen molar-refractivity contribution in [2.75, 3.05) is 6.61 Å². The minimum Gasteiger partial charge on any atom is -0.350 e. The number of hydrogen-bond acceptors (Lipinski definition) is 3. The molecular formula is C12H9F3N2O3. The maximum atomic E-state index is 11.8. The third-order valence-corrected chi connectivity index (χ3v) is 2.38. The van der Waals surface area contributed by atoms with Gasteiger partial charge in [-0.1, -0.05) is 12.1 Å². The Morgan fingerprint density at radius 2 is 2.00 bits per heavy atom. The topological polar surface area (TPSA) is 71.2 Å². The molecule has 0 aliphatic rings. The summed E-state index contributed by atoms with van der Waals surface area (Å²) >= 11 is 0. The van der Waals surface area contributed by atoms with Crippen LogP contribution in [0.1, 0.15) is 10.5 Å². The predicted octanol–water partition coefficient (Wildman–Crippen LogP) is 1.75. The van der Waals surface area contributed by atoms with Gasteiger partial charge < -0.3 is 4.98 Å². The van der Waals surface area contributed by atoms with E-state index in [4.69, 9.17) is 0 Å². The van der Waals surface area contributed by atoms with E-state index in [1.54, 1.807) is 29.7 Å². The average Bonchev–Trinajstić information content (AvgIpc) is 2.37. The molecule has 1 aromatic heterocycles. The van der Waals surface area contributed by atoms with Crippen molar-refractivity contribution in [3.8, 4) is 0 Å². The van der Waals surface area contributed by atoms with Gasteiger partial charge >= 0.3 is 6.18 Å². The third kappa shape index (κ3) is 3.35. The summed E-state index contributed by atoms with van der Waals surface area (Å²) in [5, 5.41) is 0.375. The molecule has 5 nitrogen and oxygen atoms in total. The number of pyridine rings is 1. The van der Waals surface area contributed by atoms with Gasteiger partial charge in [-0.15, -0.1) is 0 Å². The fourth-order valence-electron chi connectivity index (χ4n) is 1.56. The molecule has 0 aliphatic carbocycles. The van der Waals surface area contributed by atoms with Crippen molar-refractivity contribution < 1.29 is 22.8 Å². The second-order valence-corrected chi connectivity index (χ2v) is 3.93. The van der Waals surface area contributed by atoms with Crippen LogP contribution in [-0.4, -0.2) is 23.7 Å². The van der Waals surface area contributed by atoms with Crippen molar-refractivity contribution in [3.05, 3.63) is 46.2 Å². The van der Waals surface area contributed by atoms with Crippen LogP contribution in [0.4, 0.5) is 13.2 Å². The summed E-state index contributed by atoms with van der Waals surface area (Å²) in [6.07, 6.45) is -4.55. The molecule has 0 saturated heterocycles. The minimum atomic E-state index is -4.55. The second kappa shape index (κ2) is 5.33. The van der Waals surface area contributed by atoms with Gasteiger partial charge in [-0.2, -0.15) is 13.2 Å². The Morgan fingerprint density at radius 1 is 1.30 bits per heavy atom. The number of hydroxylamine groups is 1. The maximum absolute atomic E-state index is 11.8. The van der Waals surface area contributed by atoms with Crippen LogP contribution in [-0.2, 0) is 4.84 Å².